The minimum atomic E-state index is 0.00797. The Labute approximate surface area is 125 Å². The molecule has 0 bridgehead atoms. The molecule has 21 heavy (non-hydrogen) atoms. The average Bonchev–Trinajstić information content (AvgIpc) is 2.88. The van der Waals surface area contributed by atoms with E-state index in [0.29, 0.717) is 30.4 Å². The maximum Gasteiger partial charge on any atom is 0.254 e. The third kappa shape index (κ3) is 3.71. The molecule has 0 unspecified atom stereocenters. The third-order valence-corrected chi connectivity index (χ3v) is 3.96. The molecule has 2 atom stereocenters. The van der Waals surface area contributed by atoms with Crippen molar-refractivity contribution in [3.63, 3.8) is 0 Å². The number of pyridine rings is 1. The number of aliphatic hydroxyl groups excluding tert-OH is 1. The van der Waals surface area contributed by atoms with Crippen molar-refractivity contribution in [3.05, 3.63) is 23.9 Å². The van der Waals surface area contributed by atoms with Crippen molar-refractivity contribution < 1.29 is 9.90 Å². The molecule has 1 aliphatic rings. The number of nitrogens with zero attached hydrogens (tertiary/aromatic N) is 3. The molecule has 2 heterocycles. The van der Waals surface area contributed by atoms with E-state index in [9.17, 15) is 9.90 Å². The van der Waals surface area contributed by atoms with E-state index in [4.69, 9.17) is 0 Å². The molecule has 0 saturated carbocycles. The highest BCUT2D eigenvalue weighted by Crippen LogP contribution is 2.25. The number of amides is 1. The summed E-state index contributed by atoms with van der Waals surface area (Å²) in [7, 11) is 5.81. The van der Waals surface area contributed by atoms with Crippen LogP contribution >= 0.6 is 0 Å². The van der Waals surface area contributed by atoms with Crippen molar-refractivity contribution >= 4 is 11.7 Å². The molecule has 2 rings (SSSR count). The predicted molar refractivity (Wildman–Crippen MR) is 82.3 cm³/mol. The summed E-state index contributed by atoms with van der Waals surface area (Å²) in [4.78, 5) is 20.6. The number of likely N-dealkylation sites (tertiary alicyclic amines) is 1. The summed E-state index contributed by atoms with van der Waals surface area (Å²) in [5.74, 6) is 1.17. The highest BCUT2D eigenvalue weighted by molar-refractivity contribution is 5.95. The van der Waals surface area contributed by atoms with Crippen LogP contribution in [0, 0.1) is 11.8 Å². The number of anilines is 1. The number of aromatic nitrogens is 1. The van der Waals surface area contributed by atoms with E-state index in [1.807, 2.05) is 19.0 Å². The van der Waals surface area contributed by atoms with Crippen LogP contribution in [0.3, 0.4) is 0 Å². The van der Waals surface area contributed by atoms with E-state index >= 15 is 0 Å². The molecule has 6 heteroatoms. The topological polar surface area (TPSA) is 68.7 Å². The SMILES string of the molecule is CNc1cc(C(=O)N2C[C@@H](CN(C)C)[C@@H](CO)C2)ccn1. The fourth-order valence-electron chi connectivity index (χ4n) is 2.87. The van der Waals surface area contributed by atoms with Crippen molar-refractivity contribution in [2.75, 3.05) is 52.7 Å². The molecule has 0 spiro atoms. The molecular weight excluding hydrogens is 268 g/mol. The van der Waals surface area contributed by atoms with Crippen molar-refractivity contribution in [2.24, 2.45) is 11.8 Å². The normalized spacial score (nSPS) is 21.9. The Hall–Kier alpha value is -1.66. The van der Waals surface area contributed by atoms with Gasteiger partial charge in [-0.05, 0) is 32.1 Å². The number of aliphatic hydroxyl groups is 1. The number of nitrogens with one attached hydrogen (secondary N) is 1. The fraction of sp³-hybridized carbons (Fsp3) is 0.600. The zero-order valence-corrected chi connectivity index (χ0v) is 12.9. The van der Waals surface area contributed by atoms with Crippen LogP contribution in [0.15, 0.2) is 18.3 Å². The number of carbonyl (C=O) groups excluding carboxylic acids is 1. The summed E-state index contributed by atoms with van der Waals surface area (Å²) in [5.41, 5.74) is 0.636. The van der Waals surface area contributed by atoms with Gasteiger partial charge in [0.15, 0.2) is 0 Å². The monoisotopic (exact) mass is 292 g/mol. The van der Waals surface area contributed by atoms with Gasteiger partial charge in [-0.15, -0.1) is 0 Å². The van der Waals surface area contributed by atoms with E-state index in [1.54, 1.807) is 25.4 Å². The van der Waals surface area contributed by atoms with Crippen molar-refractivity contribution in [1.29, 1.82) is 0 Å². The van der Waals surface area contributed by atoms with Gasteiger partial charge in [0.05, 0.1) is 0 Å². The molecular formula is C15H24N4O2. The molecule has 1 aliphatic heterocycles. The lowest BCUT2D eigenvalue weighted by atomic mass is 9.97. The molecule has 1 fully saturated rings. The number of rotatable bonds is 5. The first kappa shape index (κ1) is 15.7. The molecule has 1 aromatic heterocycles. The van der Waals surface area contributed by atoms with Crippen LogP contribution in [0.4, 0.5) is 5.82 Å². The lowest BCUT2D eigenvalue weighted by Gasteiger charge is -2.20. The number of hydrogen-bond acceptors (Lipinski definition) is 5. The van der Waals surface area contributed by atoms with Gasteiger partial charge in [0, 0.05) is 51.0 Å². The van der Waals surface area contributed by atoms with Gasteiger partial charge >= 0.3 is 0 Å². The van der Waals surface area contributed by atoms with Crippen molar-refractivity contribution in [1.82, 2.24) is 14.8 Å². The van der Waals surface area contributed by atoms with Gasteiger partial charge in [-0.1, -0.05) is 0 Å². The van der Waals surface area contributed by atoms with Gasteiger partial charge in [0.2, 0.25) is 0 Å². The van der Waals surface area contributed by atoms with Crippen LogP contribution in [0.1, 0.15) is 10.4 Å². The minimum Gasteiger partial charge on any atom is -0.396 e. The molecule has 2 N–H and O–H groups in total. The molecule has 0 radical (unpaired) electrons. The number of hydrogen-bond donors (Lipinski definition) is 2. The molecule has 6 nitrogen and oxygen atoms in total. The van der Waals surface area contributed by atoms with Crippen LogP contribution < -0.4 is 5.32 Å². The molecule has 116 valence electrons. The van der Waals surface area contributed by atoms with Crippen molar-refractivity contribution in [2.45, 2.75) is 0 Å². The second-order valence-electron chi connectivity index (χ2n) is 5.85. The third-order valence-electron chi connectivity index (χ3n) is 3.96. The lowest BCUT2D eigenvalue weighted by Crippen LogP contribution is -2.30. The standard InChI is InChI=1S/C15H24N4O2/c1-16-14-6-11(4-5-17-14)15(21)19-8-12(7-18(2)3)13(9-19)10-20/h4-6,12-13,20H,7-10H2,1-3H3,(H,16,17)/t12-,13-/m1/s1. The summed E-state index contributed by atoms with van der Waals surface area (Å²) in [6, 6.07) is 3.49. The van der Waals surface area contributed by atoms with E-state index < -0.39 is 0 Å². The molecule has 0 aliphatic carbocycles. The highest BCUT2D eigenvalue weighted by Gasteiger charge is 2.35. The van der Waals surface area contributed by atoms with Crippen LogP contribution in [0.5, 0.6) is 0 Å². The molecule has 0 aromatic carbocycles. The van der Waals surface area contributed by atoms with Crippen LogP contribution in [-0.4, -0.2) is 73.2 Å². The van der Waals surface area contributed by atoms with E-state index in [-0.39, 0.29) is 18.4 Å². The maximum atomic E-state index is 12.6. The predicted octanol–water partition coefficient (Wildman–Crippen LogP) is 0.365. The Balaban J connectivity index is 2.09. The van der Waals surface area contributed by atoms with Gasteiger partial charge in [-0.2, -0.15) is 0 Å². The van der Waals surface area contributed by atoms with Crippen LogP contribution in [0.25, 0.3) is 0 Å². The largest absolute Gasteiger partial charge is 0.396 e. The van der Waals surface area contributed by atoms with E-state index in [1.165, 1.54) is 0 Å². The molecule has 1 amide bonds. The Morgan fingerprint density at radius 2 is 2.19 bits per heavy atom. The second-order valence-corrected chi connectivity index (χ2v) is 5.85. The van der Waals surface area contributed by atoms with E-state index in [0.717, 1.165) is 6.54 Å². The zero-order valence-electron chi connectivity index (χ0n) is 12.9. The summed E-state index contributed by atoms with van der Waals surface area (Å²) in [5, 5.41) is 12.5. The maximum absolute atomic E-state index is 12.6. The Bertz CT molecular complexity index is 492. The smallest absolute Gasteiger partial charge is 0.254 e. The highest BCUT2D eigenvalue weighted by atomic mass is 16.3. The summed E-state index contributed by atoms with van der Waals surface area (Å²) in [6.45, 7) is 2.32. The van der Waals surface area contributed by atoms with Crippen LogP contribution in [-0.2, 0) is 0 Å². The quantitative estimate of drug-likeness (QED) is 0.820. The van der Waals surface area contributed by atoms with Crippen molar-refractivity contribution in [3.8, 4) is 0 Å². The Kier molecular flexibility index (Phi) is 5.14. The Morgan fingerprint density at radius 1 is 1.48 bits per heavy atom. The summed E-state index contributed by atoms with van der Waals surface area (Å²) in [6.07, 6.45) is 1.63. The van der Waals surface area contributed by atoms with Gasteiger partial charge in [-0.25, -0.2) is 4.98 Å². The first-order valence-electron chi connectivity index (χ1n) is 7.23. The average molecular weight is 292 g/mol. The number of carbonyl (C=O) groups is 1. The molecule has 1 saturated heterocycles. The summed E-state index contributed by atoms with van der Waals surface area (Å²) >= 11 is 0. The fourth-order valence-corrected chi connectivity index (χ4v) is 2.87. The first-order valence-corrected chi connectivity index (χ1v) is 7.23. The van der Waals surface area contributed by atoms with Gasteiger partial charge < -0.3 is 20.2 Å². The lowest BCUT2D eigenvalue weighted by molar-refractivity contribution is 0.0779. The Morgan fingerprint density at radius 3 is 2.81 bits per heavy atom. The summed E-state index contributed by atoms with van der Waals surface area (Å²) < 4.78 is 0. The first-order chi connectivity index (χ1) is 10.0. The molecule has 1 aromatic rings. The van der Waals surface area contributed by atoms with Gasteiger partial charge in [-0.3, -0.25) is 4.79 Å². The van der Waals surface area contributed by atoms with Gasteiger partial charge in [0.25, 0.3) is 5.91 Å². The van der Waals surface area contributed by atoms with E-state index in [2.05, 4.69) is 15.2 Å². The zero-order chi connectivity index (χ0) is 15.4. The van der Waals surface area contributed by atoms with Crippen LogP contribution in [0.2, 0.25) is 0 Å². The minimum absolute atomic E-state index is 0.00797. The second kappa shape index (κ2) is 6.87. The van der Waals surface area contributed by atoms with Gasteiger partial charge in [0.1, 0.15) is 5.82 Å².